The van der Waals surface area contributed by atoms with Gasteiger partial charge in [-0.2, -0.15) is 0 Å². The fourth-order valence-electron chi connectivity index (χ4n) is 1.92. The van der Waals surface area contributed by atoms with Crippen molar-refractivity contribution >= 4 is 33.2 Å². The molecule has 0 fully saturated rings. The molecule has 0 bridgehead atoms. The molecule has 0 saturated heterocycles. The van der Waals surface area contributed by atoms with Crippen molar-refractivity contribution in [2.45, 2.75) is 18.8 Å². The zero-order valence-corrected chi connectivity index (χ0v) is 13.1. The Morgan fingerprint density at radius 3 is 2.60 bits per heavy atom. The lowest BCUT2D eigenvalue weighted by atomic mass is 10.1. The van der Waals surface area contributed by atoms with Gasteiger partial charge in [0.15, 0.2) is 0 Å². The normalized spacial score (nSPS) is 12.2. The van der Waals surface area contributed by atoms with E-state index < -0.39 is 11.6 Å². The van der Waals surface area contributed by atoms with Crippen LogP contribution >= 0.6 is 27.5 Å². The van der Waals surface area contributed by atoms with Crippen LogP contribution in [0.15, 0.2) is 40.9 Å². The van der Waals surface area contributed by atoms with Crippen molar-refractivity contribution in [2.24, 2.45) is 0 Å². The van der Waals surface area contributed by atoms with Crippen LogP contribution in [0.1, 0.15) is 23.4 Å². The standard InChI is InChI=1S/C15H13BrClF2N/c1-9(17)10-4-2-3-5-14(10)20-8-11-13(18)7-6-12(16)15(11)19/h2-7,9,20H,8H2,1H3. The molecule has 0 aliphatic carbocycles. The minimum atomic E-state index is -0.589. The number of para-hydroxylation sites is 1. The summed E-state index contributed by atoms with van der Waals surface area (Å²) in [6.07, 6.45) is 0. The number of halogens is 4. The van der Waals surface area contributed by atoms with Crippen molar-refractivity contribution in [3.05, 3.63) is 63.6 Å². The summed E-state index contributed by atoms with van der Waals surface area (Å²) >= 11 is 9.14. The zero-order chi connectivity index (χ0) is 14.7. The van der Waals surface area contributed by atoms with Gasteiger partial charge in [-0.15, -0.1) is 11.6 Å². The predicted octanol–water partition coefficient (Wildman–Crippen LogP) is 5.64. The molecule has 2 rings (SSSR count). The molecule has 0 amide bonds. The van der Waals surface area contributed by atoms with E-state index in [1.807, 2.05) is 31.2 Å². The molecule has 0 radical (unpaired) electrons. The van der Waals surface area contributed by atoms with Crippen LogP contribution in [0.4, 0.5) is 14.5 Å². The zero-order valence-electron chi connectivity index (χ0n) is 10.8. The average Bonchev–Trinajstić information content (AvgIpc) is 2.43. The van der Waals surface area contributed by atoms with Gasteiger partial charge in [0.1, 0.15) is 11.6 Å². The van der Waals surface area contributed by atoms with Gasteiger partial charge < -0.3 is 5.32 Å². The first kappa shape index (κ1) is 15.3. The molecule has 0 heterocycles. The van der Waals surface area contributed by atoms with E-state index in [0.717, 1.165) is 11.3 Å². The third-order valence-electron chi connectivity index (χ3n) is 2.98. The van der Waals surface area contributed by atoms with Crippen molar-refractivity contribution in [1.82, 2.24) is 0 Å². The molecular weight excluding hydrogens is 348 g/mol. The number of benzene rings is 2. The molecule has 0 spiro atoms. The molecular formula is C15H13BrClF2N. The van der Waals surface area contributed by atoms with Gasteiger partial charge in [-0.05, 0) is 46.6 Å². The maximum Gasteiger partial charge on any atom is 0.145 e. The first-order valence-electron chi connectivity index (χ1n) is 6.10. The van der Waals surface area contributed by atoms with Crippen LogP contribution < -0.4 is 5.32 Å². The summed E-state index contributed by atoms with van der Waals surface area (Å²) in [5, 5.41) is 2.85. The molecule has 0 saturated carbocycles. The summed E-state index contributed by atoms with van der Waals surface area (Å²) in [6, 6.07) is 10.0. The fourth-order valence-corrected chi connectivity index (χ4v) is 2.48. The van der Waals surface area contributed by atoms with E-state index >= 15 is 0 Å². The van der Waals surface area contributed by atoms with Crippen LogP contribution in [0.3, 0.4) is 0 Å². The van der Waals surface area contributed by atoms with E-state index in [1.165, 1.54) is 12.1 Å². The van der Waals surface area contributed by atoms with Gasteiger partial charge in [0, 0.05) is 17.8 Å². The Hall–Kier alpha value is -1.13. The van der Waals surface area contributed by atoms with Gasteiger partial charge in [0.25, 0.3) is 0 Å². The smallest absolute Gasteiger partial charge is 0.145 e. The Bertz CT molecular complexity index is 617. The van der Waals surface area contributed by atoms with Gasteiger partial charge in [0.2, 0.25) is 0 Å². The third kappa shape index (κ3) is 3.30. The molecule has 0 aliphatic heterocycles. The molecule has 5 heteroatoms. The number of rotatable bonds is 4. The lowest BCUT2D eigenvalue weighted by molar-refractivity contribution is 0.555. The highest BCUT2D eigenvalue weighted by Crippen LogP contribution is 2.28. The van der Waals surface area contributed by atoms with Gasteiger partial charge in [-0.3, -0.25) is 0 Å². The van der Waals surface area contributed by atoms with E-state index in [1.54, 1.807) is 0 Å². The minimum Gasteiger partial charge on any atom is -0.380 e. The second-order valence-corrected chi connectivity index (χ2v) is 5.89. The molecule has 106 valence electrons. The molecule has 2 aromatic rings. The van der Waals surface area contributed by atoms with E-state index in [4.69, 9.17) is 11.6 Å². The van der Waals surface area contributed by atoms with Gasteiger partial charge >= 0.3 is 0 Å². The summed E-state index contributed by atoms with van der Waals surface area (Å²) in [6.45, 7) is 1.90. The summed E-state index contributed by atoms with van der Waals surface area (Å²) < 4.78 is 27.8. The summed E-state index contributed by atoms with van der Waals surface area (Å²) in [5.74, 6) is -1.16. The second-order valence-electron chi connectivity index (χ2n) is 4.38. The number of nitrogens with one attached hydrogen (secondary N) is 1. The lowest BCUT2D eigenvalue weighted by Crippen LogP contribution is -2.07. The number of hydrogen-bond acceptors (Lipinski definition) is 1. The predicted molar refractivity (Wildman–Crippen MR) is 82.1 cm³/mol. The van der Waals surface area contributed by atoms with E-state index in [-0.39, 0.29) is 22.0 Å². The second kappa shape index (κ2) is 6.55. The van der Waals surface area contributed by atoms with E-state index in [0.29, 0.717) is 0 Å². The quantitative estimate of drug-likeness (QED) is 0.549. The largest absolute Gasteiger partial charge is 0.380 e. The fraction of sp³-hybridized carbons (Fsp3) is 0.200. The van der Waals surface area contributed by atoms with Crippen molar-refractivity contribution < 1.29 is 8.78 Å². The number of hydrogen-bond donors (Lipinski definition) is 1. The molecule has 1 N–H and O–H groups in total. The molecule has 2 aromatic carbocycles. The topological polar surface area (TPSA) is 12.0 Å². The van der Waals surface area contributed by atoms with Gasteiger partial charge in [0.05, 0.1) is 9.85 Å². The Morgan fingerprint density at radius 1 is 1.20 bits per heavy atom. The first-order valence-corrected chi connectivity index (χ1v) is 7.33. The summed E-state index contributed by atoms with van der Waals surface area (Å²) in [5.41, 5.74) is 1.66. The average molecular weight is 361 g/mol. The van der Waals surface area contributed by atoms with Crippen LogP contribution in [-0.4, -0.2) is 0 Å². The highest BCUT2D eigenvalue weighted by atomic mass is 79.9. The van der Waals surface area contributed by atoms with Crippen molar-refractivity contribution in [2.75, 3.05) is 5.32 Å². The number of anilines is 1. The molecule has 1 atom stereocenters. The van der Waals surface area contributed by atoms with E-state index in [9.17, 15) is 8.78 Å². The first-order chi connectivity index (χ1) is 9.50. The molecule has 1 unspecified atom stereocenters. The monoisotopic (exact) mass is 359 g/mol. The Kier molecular flexibility index (Phi) is 5.00. The SMILES string of the molecule is CC(Cl)c1ccccc1NCc1c(F)ccc(Br)c1F. The molecule has 0 aromatic heterocycles. The van der Waals surface area contributed by atoms with Gasteiger partial charge in [-0.25, -0.2) is 8.78 Å². The highest BCUT2D eigenvalue weighted by molar-refractivity contribution is 9.10. The van der Waals surface area contributed by atoms with Gasteiger partial charge in [-0.1, -0.05) is 18.2 Å². The Morgan fingerprint density at radius 2 is 1.90 bits per heavy atom. The maximum atomic E-state index is 13.9. The lowest BCUT2D eigenvalue weighted by Gasteiger charge is -2.14. The van der Waals surface area contributed by atoms with Crippen LogP contribution in [0.2, 0.25) is 0 Å². The van der Waals surface area contributed by atoms with Crippen LogP contribution in [0, 0.1) is 11.6 Å². The van der Waals surface area contributed by atoms with E-state index in [2.05, 4.69) is 21.2 Å². The number of alkyl halides is 1. The van der Waals surface area contributed by atoms with Crippen LogP contribution in [0.25, 0.3) is 0 Å². The highest BCUT2D eigenvalue weighted by Gasteiger charge is 2.13. The molecule has 20 heavy (non-hydrogen) atoms. The third-order valence-corrected chi connectivity index (χ3v) is 3.83. The minimum absolute atomic E-state index is 0.00333. The van der Waals surface area contributed by atoms with Crippen LogP contribution in [0.5, 0.6) is 0 Å². The Labute approximate surface area is 130 Å². The summed E-state index contributed by atoms with van der Waals surface area (Å²) in [4.78, 5) is 0. The maximum absolute atomic E-state index is 13.9. The summed E-state index contributed by atoms with van der Waals surface area (Å²) in [7, 11) is 0. The molecule has 0 aliphatic rings. The molecule has 1 nitrogen and oxygen atoms in total. The van der Waals surface area contributed by atoms with Crippen LogP contribution in [-0.2, 0) is 6.54 Å². The van der Waals surface area contributed by atoms with Crippen molar-refractivity contribution in [3.63, 3.8) is 0 Å². The van der Waals surface area contributed by atoms with Crippen molar-refractivity contribution in [3.8, 4) is 0 Å². The van der Waals surface area contributed by atoms with Crippen molar-refractivity contribution in [1.29, 1.82) is 0 Å². The Balaban J connectivity index is 2.24.